The first-order valence-corrected chi connectivity index (χ1v) is 12.3. The second kappa shape index (κ2) is 8.60. The number of thiophene rings is 1. The number of benzene rings is 1. The Morgan fingerprint density at radius 2 is 1.73 bits per heavy atom. The van der Waals surface area contributed by atoms with Gasteiger partial charge < -0.3 is 9.64 Å². The van der Waals surface area contributed by atoms with Gasteiger partial charge >= 0.3 is 0 Å². The number of pyridine rings is 1. The fourth-order valence-corrected chi connectivity index (χ4v) is 5.77. The van der Waals surface area contributed by atoms with Gasteiger partial charge in [-0.25, -0.2) is 0 Å². The van der Waals surface area contributed by atoms with Crippen LogP contribution in [0, 0.1) is 6.92 Å². The number of carbonyl (C=O) groups excluding carboxylic acids is 1. The van der Waals surface area contributed by atoms with Crippen LogP contribution >= 0.6 is 11.3 Å². The first-order valence-electron chi connectivity index (χ1n) is 11.5. The third-order valence-corrected chi connectivity index (χ3v) is 8.05. The van der Waals surface area contributed by atoms with E-state index in [-0.39, 0.29) is 16.7 Å². The predicted molar refractivity (Wildman–Crippen MR) is 136 cm³/mol. The summed E-state index contributed by atoms with van der Waals surface area (Å²) in [4.78, 5) is 21.2. The summed E-state index contributed by atoms with van der Waals surface area (Å²) in [6, 6.07) is 14.4. The molecule has 2 aromatic heterocycles. The highest BCUT2D eigenvalue weighted by Crippen LogP contribution is 2.49. The molecule has 174 valence electrons. The maximum Gasteiger partial charge on any atom is 0.264 e. The summed E-state index contributed by atoms with van der Waals surface area (Å²) in [5, 5.41) is 0. The zero-order valence-corrected chi connectivity index (χ0v) is 21.6. The van der Waals surface area contributed by atoms with Crippen molar-refractivity contribution < 1.29 is 9.53 Å². The topological polar surface area (TPSA) is 42.4 Å². The molecule has 1 amide bonds. The third kappa shape index (κ3) is 4.56. The molecule has 0 unspecified atom stereocenters. The summed E-state index contributed by atoms with van der Waals surface area (Å²) < 4.78 is 5.84. The van der Waals surface area contributed by atoms with Crippen LogP contribution in [0.1, 0.15) is 72.7 Å². The van der Waals surface area contributed by atoms with Crippen LogP contribution in [-0.4, -0.2) is 29.9 Å². The number of hydrogen-bond donors (Lipinski definition) is 0. The molecule has 0 N–H and O–H groups in total. The van der Waals surface area contributed by atoms with Crippen LogP contribution in [0.3, 0.4) is 0 Å². The highest BCUT2D eigenvalue weighted by molar-refractivity contribution is 7.17. The van der Waals surface area contributed by atoms with Gasteiger partial charge in [0.1, 0.15) is 5.75 Å². The highest BCUT2D eigenvalue weighted by Gasteiger charge is 2.38. The average Bonchev–Trinajstić information content (AvgIpc) is 3.25. The Balaban J connectivity index is 1.66. The molecule has 0 bridgehead atoms. The van der Waals surface area contributed by atoms with Gasteiger partial charge in [0, 0.05) is 23.2 Å². The molecule has 5 heteroatoms. The number of hydrogen-bond acceptors (Lipinski definition) is 4. The molecular weight excluding hydrogens is 428 g/mol. The van der Waals surface area contributed by atoms with E-state index in [1.165, 1.54) is 22.5 Å². The number of ether oxygens (including phenoxy) is 1. The lowest BCUT2D eigenvalue weighted by molar-refractivity contribution is 0.0788. The molecule has 1 aromatic carbocycles. The van der Waals surface area contributed by atoms with E-state index in [1.54, 1.807) is 12.0 Å². The maximum atomic E-state index is 13.1. The number of carbonyl (C=O) groups is 1. The first kappa shape index (κ1) is 23.5. The van der Waals surface area contributed by atoms with Crippen molar-refractivity contribution in [2.75, 3.05) is 14.2 Å². The van der Waals surface area contributed by atoms with Crippen molar-refractivity contribution in [3.63, 3.8) is 0 Å². The molecule has 0 radical (unpaired) electrons. The van der Waals surface area contributed by atoms with Crippen LogP contribution in [-0.2, 0) is 17.4 Å². The lowest BCUT2D eigenvalue weighted by Crippen LogP contribution is -2.33. The Morgan fingerprint density at radius 1 is 1.06 bits per heavy atom. The number of rotatable bonds is 5. The quantitative estimate of drug-likeness (QED) is 0.421. The molecular formula is C28H34N2O2S. The monoisotopic (exact) mass is 462 g/mol. The molecule has 0 saturated carbocycles. The van der Waals surface area contributed by atoms with E-state index >= 15 is 0 Å². The van der Waals surface area contributed by atoms with Crippen molar-refractivity contribution in [2.24, 2.45) is 0 Å². The predicted octanol–water partition coefficient (Wildman–Crippen LogP) is 6.75. The van der Waals surface area contributed by atoms with Gasteiger partial charge in [-0.1, -0.05) is 33.8 Å². The molecule has 4 nitrogen and oxygen atoms in total. The van der Waals surface area contributed by atoms with E-state index < -0.39 is 0 Å². The molecule has 1 aliphatic rings. The molecule has 0 aliphatic heterocycles. The smallest absolute Gasteiger partial charge is 0.264 e. The second-order valence-corrected chi connectivity index (χ2v) is 11.5. The second-order valence-electron chi connectivity index (χ2n) is 10.5. The van der Waals surface area contributed by atoms with E-state index in [0.717, 1.165) is 45.3 Å². The normalized spacial score (nSPS) is 16.2. The standard InChI is InChI=1S/C28H34N2O2S/c1-18-9-8-10-19(29-18)17-30(6)26(31)25-12-11-24(33-25)20-15-21-22(16-23(20)32-7)28(4,5)14-13-27(21,2)3/h8-12,15-16H,13-14,17H2,1-7H3. The molecule has 0 fully saturated rings. The van der Waals surface area contributed by atoms with Gasteiger partial charge in [0.2, 0.25) is 0 Å². The molecule has 0 atom stereocenters. The Morgan fingerprint density at radius 3 is 2.36 bits per heavy atom. The molecule has 4 rings (SSSR count). The summed E-state index contributed by atoms with van der Waals surface area (Å²) in [6.07, 6.45) is 2.32. The van der Waals surface area contributed by atoms with Crippen LogP contribution in [0.2, 0.25) is 0 Å². The molecule has 0 spiro atoms. The molecule has 1 aliphatic carbocycles. The maximum absolute atomic E-state index is 13.1. The number of amides is 1. The summed E-state index contributed by atoms with van der Waals surface area (Å²) >= 11 is 1.52. The van der Waals surface area contributed by atoms with E-state index in [1.807, 2.05) is 44.3 Å². The lowest BCUT2D eigenvalue weighted by Gasteiger charge is -2.42. The van der Waals surface area contributed by atoms with Gasteiger partial charge in [-0.15, -0.1) is 11.3 Å². The van der Waals surface area contributed by atoms with Gasteiger partial charge in [-0.05, 0) is 78.1 Å². The van der Waals surface area contributed by atoms with Crippen molar-refractivity contribution in [3.05, 3.63) is 69.9 Å². The van der Waals surface area contributed by atoms with Crippen molar-refractivity contribution >= 4 is 17.2 Å². The number of fused-ring (bicyclic) bond motifs is 1. The van der Waals surface area contributed by atoms with Gasteiger partial charge in [-0.3, -0.25) is 9.78 Å². The van der Waals surface area contributed by atoms with Gasteiger partial charge in [-0.2, -0.15) is 0 Å². The Kier molecular flexibility index (Phi) is 6.12. The number of aromatic nitrogens is 1. The Bertz CT molecular complexity index is 1190. The van der Waals surface area contributed by atoms with Crippen LogP contribution in [0.25, 0.3) is 10.4 Å². The summed E-state index contributed by atoms with van der Waals surface area (Å²) in [7, 11) is 3.56. The van der Waals surface area contributed by atoms with E-state index in [2.05, 4.69) is 44.8 Å². The molecule has 3 aromatic rings. The van der Waals surface area contributed by atoms with Crippen LogP contribution in [0.4, 0.5) is 0 Å². The minimum atomic E-state index is 0.00736. The van der Waals surface area contributed by atoms with E-state index in [4.69, 9.17) is 4.74 Å². The number of methoxy groups -OCH3 is 1. The first-order chi connectivity index (χ1) is 15.5. The summed E-state index contributed by atoms with van der Waals surface area (Å²) in [6.45, 7) is 11.7. The van der Waals surface area contributed by atoms with Crippen molar-refractivity contribution in [2.45, 2.75) is 64.8 Å². The van der Waals surface area contributed by atoms with E-state index in [0.29, 0.717) is 6.54 Å². The molecule has 0 saturated heterocycles. The van der Waals surface area contributed by atoms with Crippen LogP contribution in [0.5, 0.6) is 5.75 Å². The lowest BCUT2D eigenvalue weighted by atomic mass is 9.63. The number of nitrogens with zero attached hydrogens (tertiary/aromatic N) is 2. The van der Waals surface area contributed by atoms with Gasteiger partial charge in [0.15, 0.2) is 0 Å². The molecule has 33 heavy (non-hydrogen) atoms. The summed E-state index contributed by atoms with van der Waals surface area (Å²) in [5.41, 5.74) is 5.91. The van der Waals surface area contributed by atoms with Crippen LogP contribution in [0.15, 0.2) is 42.5 Å². The number of aryl methyl sites for hydroxylation is 1. The SMILES string of the molecule is COc1cc2c(cc1-c1ccc(C(=O)N(C)Cc3cccc(C)n3)s1)C(C)(C)CCC2(C)C. The zero-order valence-electron chi connectivity index (χ0n) is 20.8. The highest BCUT2D eigenvalue weighted by atomic mass is 32.1. The third-order valence-electron chi connectivity index (χ3n) is 6.95. The Labute approximate surface area is 201 Å². The Hall–Kier alpha value is -2.66. The van der Waals surface area contributed by atoms with E-state index in [9.17, 15) is 4.79 Å². The van der Waals surface area contributed by atoms with Crippen LogP contribution < -0.4 is 4.74 Å². The van der Waals surface area contributed by atoms with Gasteiger partial charge in [0.25, 0.3) is 5.91 Å². The fraction of sp³-hybridized carbons (Fsp3) is 0.429. The largest absolute Gasteiger partial charge is 0.496 e. The minimum absolute atomic E-state index is 0.00736. The fourth-order valence-electron chi connectivity index (χ4n) is 4.74. The molecule has 2 heterocycles. The van der Waals surface area contributed by atoms with Crippen molar-refractivity contribution in [1.82, 2.24) is 9.88 Å². The van der Waals surface area contributed by atoms with Crippen molar-refractivity contribution in [1.29, 1.82) is 0 Å². The summed E-state index contributed by atoms with van der Waals surface area (Å²) in [5.74, 6) is 0.880. The average molecular weight is 463 g/mol. The van der Waals surface area contributed by atoms with Crippen molar-refractivity contribution in [3.8, 4) is 16.2 Å². The van der Waals surface area contributed by atoms with Gasteiger partial charge in [0.05, 0.1) is 24.2 Å². The zero-order chi connectivity index (χ0) is 24.0. The minimum Gasteiger partial charge on any atom is -0.496 e.